The molecule has 0 amide bonds. The highest BCUT2D eigenvalue weighted by molar-refractivity contribution is 5.48. The molecule has 8 heteroatoms. The number of hydrogen-bond donors (Lipinski definition) is 1. The van der Waals surface area contributed by atoms with Gasteiger partial charge < -0.3 is 5.32 Å². The molecule has 28 heavy (non-hydrogen) atoms. The van der Waals surface area contributed by atoms with E-state index in [1.165, 1.54) is 36.0 Å². The summed E-state index contributed by atoms with van der Waals surface area (Å²) in [7, 11) is 0. The van der Waals surface area contributed by atoms with Crippen molar-refractivity contribution in [1.29, 1.82) is 0 Å². The Labute approximate surface area is 160 Å². The highest BCUT2D eigenvalue weighted by atomic mass is 19.4. The van der Waals surface area contributed by atoms with Crippen LogP contribution in [0.2, 0.25) is 0 Å². The van der Waals surface area contributed by atoms with Gasteiger partial charge in [0.25, 0.3) is 11.6 Å². The van der Waals surface area contributed by atoms with Gasteiger partial charge in [-0.15, -0.1) is 5.10 Å². The number of alkyl halides is 3. The van der Waals surface area contributed by atoms with E-state index in [4.69, 9.17) is 0 Å². The van der Waals surface area contributed by atoms with Gasteiger partial charge in [-0.3, -0.25) is 0 Å². The van der Waals surface area contributed by atoms with Crippen LogP contribution in [0.15, 0.2) is 24.3 Å². The normalized spacial score (nSPS) is 19.6. The van der Waals surface area contributed by atoms with Crippen LogP contribution in [0.25, 0.3) is 5.78 Å². The number of fused-ring (bicyclic) bond motifs is 2. The maximum absolute atomic E-state index is 13.0. The van der Waals surface area contributed by atoms with Crippen molar-refractivity contribution in [3.05, 3.63) is 52.5 Å². The number of anilines is 1. The van der Waals surface area contributed by atoms with Crippen LogP contribution in [0, 0.1) is 6.92 Å². The molecule has 0 bridgehead atoms. The molecule has 1 aromatic carbocycles. The third-order valence-electron chi connectivity index (χ3n) is 5.79. The second-order valence-electron chi connectivity index (χ2n) is 7.83. The van der Waals surface area contributed by atoms with Crippen LogP contribution in [-0.2, 0) is 19.0 Å². The van der Waals surface area contributed by atoms with Crippen molar-refractivity contribution in [3.8, 4) is 0 Å². The zero-order chi connectivity index (χ0) is 19.5. The third-order valence-corrected chi connectivity index (χ3v) is 5.79. The Morgan fingerprint density at radius 2 is 1.86 bits per heavy atom. The van der Waals surface area contributed by atoms with Gasteiger partial charge in [-0.1, -0.05) is 24.6 Å². The first-order valence-corrected chi connectivity index (χ1v) is 9.57. The lowest BCUT2D eigenvalue weighted by atomic mass is 9.79. The van der Waals surface area contributed by atoms with Gasteiger partial charge in [-0.25, -0.2) is 4.98 Å². The molecule has 2 aliphatic carbocycles. The Morgan fingerprint density at radius 3 is 2.57 bits per heavy atom. The Hall–Kier alpha value is -2.64. The molecule has 5 nitrogen and oxygen atoms in total. The number of aryl methyl sites for hydroxylation is 1. The zero-order valence-corrected chi connectivity index (χ0v) is 15.4. The van der Waals surface area contributed by atoms with Gasteiger partial charge >= 0.3 is 6.18 Å². The largest absolute Gasteiger partial charge is 0.453 e. The predicted octanol–water partition coefficient (Wildman–Crippen LogP) is 4.30. The lowest BCUT2D eigenvalue weighted by Crippen LogP contribution is -2.22. The quantitative estimate of drug-likeness (QED) is 0.728. The van der Waals surface area contributed by atoms with E-state index in [-0.39, 0.29) is 11.8 Å². The number of hydrogen-bond acceptors (Lipinski definition) is 4. The molecule has 2 aromatic heterocycles. The Morgan fingerprint density at radius 1 is 1.07 bits per heavy atom. The molecule has 0 saturated heterocycles. The zero-order valence-electron chi connectivity index (χ0n) is 15.4. The Kier molecular flexibility index (Phi) is 3.86. The van der Waals surface area contributed by atoms with Gasteiger partial charge in [-0.2, -0.15) is 22.7 Å². The summed E-state index contributed by atoms with van der Waals surface area (Å²) < 4.78 is 40.1. The van der Waals surface area contributed by atoms with Crippen LogP contribution in [0.5, 0.6) is 0 Å². The Bertz CT molecular complexity index is 1050. The number of halogens is 3. The van der Waals surface area contributed by atoms with Crippen molar-refractivity contribution in [2.24, 2.45) is 0 Å². The minimum absolute atomic E-state index is 0.0439. The van der Waals surface area contributed by atoms with Crippen LogP contribution >= 0.6 is 0 Å². The minimum atomic E-state index is -4.60. The molecular formula is C20H20F3N5. The van der Waals surface area contributed by atoms with E-state index >= 15 is 0 Å². The average Bonchev–Trinajstić information content (AvgIpc) is 3.15. The summed E-state index contributed by atoms with van der Waals surface area (Å²) in [5, 5.41) is 6.99. The first kappa shape index (κ1) is 17.5. The van der Waals surface area contributed by atoms with E-state index in [2.05, 4.69) is 38.6 Å². The summed E-state index contributed by atoms with van der Waals surface area (Å²) in [4.78, 5) is 7.62. The molecule has 1 fully saturated rings. The molecule has 146 valence electrons. The molecule has 3 aromatic rings. The predicted molar refractivity (Wildman–Crippen MR) is 98.4 cm³/mol. The van der Waals surface area contributed by atoms with Crippen LogP contribution in [-0.4, -0.2) is 25.6 Å². The second-order valence-corrected chi connectivity index (χ2v) is 7.83. The average molecular weight is 387 g/mol. The molecule has 0 aliphatic heterocycles. The van der Waals surface area contributed by atoms with Gasteiger partial charge in [0.1, 0.15) is 5.82 Å². The van der Waals surface area contributed by atoms with E-state index in [1.807, 2.05) is 0 Å². The van der Waals surface area contributed by atoms with Crippen molar-refractivity contribution >= 4 is 11.6 Å². The number of rotatable bonds is 3. The van der Waals surface area contributed by atoms with Crippen LogP contribution < -0.4 is 5.32 Å². The highest BCUT2D eigenvalue weighted by Crippen LogP contribution is 2.38. The second kappa shape index (κ2) is 6.18. The molecule has 0 radical (unpaired) electrons. The lowest BCUT2D eigenvalue weighted by molar-refractivity contribution is -0.144. The smallest absolute Gasteiger partial charge is 0.366 e. The summed E-state index contributed by atoms with van der Waals surface area (Å²) in [6.45, 7) is 1.74. The van der Waals surface area contributed by atoms with Gasteiger partial charge in [-0.05, 0) is 55.2 Å². The summed E-state index contributed by atoms with van der Waals surface area (Å²) in [5.41, 5.74) is 4.65. The van der Waals surface area contributed by atoms with Crippen molar-refractivity contribution in [2.75, 3.05) is 5.32 Å². The Balaban J connectivity index is 1.41. The van der Waals surface area contributed by atoms with Crippen LogP contribution in [0.1, 0.15) is 53.4 Å². The molecule has 0 spiro atoms. The molecule has 5 rings (SSSR count). The molecule has 1 unspecified atom stereocenters. The monoisotopic (exact) mass is 387 g/mol. The first-order chi connectivity index (χ1) is 13.4. The molecule has 2 aliphatic rings. The van der Waals surface area contributed by atoms with Crippen molar-refractivity contribution in [1.82, 2.24) is 19.6 Å². The summed E-state index contributed by atoms with van der Waals surface area (Å²) >= 11 is 0. The summed E-state index contributed by atoms with van der Waals surface area (Å²) in [6, 6.07) is 8.56. The van der Waals surface area contributed by atoms with Gasteiger partial charge in [0, 0.05) is 17.8 Å². The van der Waals surface area contributed by atoms with Crippen LogP contribution in [0.4, 0.5) is 19.0 Å². The standard InChI is InChI=1S/C20H20F3N5/c1-11-7-17(28-19(24-11)26-18(27-28)20(21,22)23)25-16-9-14-6-5-13(8-15(14)10-16)12-3-2-4-12/h5-8,12,16,25H,2-4,9-10H2,1H3. The lowest BCUT2D eigenvalue weighted by Gasteiger charge is -2.26. The fourth-order valence-corrected chi connectivity index (χ4v) is 4.15. The van der Waals surface area contributed by atoms with Crippen molar-refractivity contribution in [2.45, 2.75) is 57.2 Å². The third kappa shape index (κ3) is 3.00. The number of aromatic nitrogens is 4. The fraction of sp³-hybridized carbons (Fsp3) is 0.450. The fourth-order valence-electron chi connectivity index (χ4n) is 4.15. The molecule has 2 heterocycles. The van der Waals surface area contributed by atoms with E-state index < -0.39 is 12.0 Å². The van der Waals surface area contributed by atoms with Gasteiger partial charge in [0.05, 0.1) is 0 Å². The minimum Gasteiger partial charge on any atom is -0.366 e. The number of nitrogens with zero attached hydrogens (tertiary/aromatic N) is 4. The van der Waals surface area contributed by atoms with E-state index in [9.17, 15) is 13.2 Å². The van der Waals surface area contributed by atoms with E-state index in [0.717, 1.165) is 17.4 Å². The van der Waals surface area contributed by atoms with Crippen molar-refractivity contribution in [3.63, 3.8) is 0 Å². The maximum atomic E-state index is 13.0. The maximum Gasteiger partial charge on any atom is 0.453 e. The first-order valence-electron chi connectivity index (χ1n) is 9.57. The van der Waals surface area contributed by atoms with Crippen molar-refractivity contribution < 1.29 is 13.2 Å². The molecular weight excluding hydrogens is 367 g/mol. The SMILES string of the molecule is Cc1cc(NC2Cc3ccc(C4CCC4)cc3C2)n2nc(C(F)(F)F)nc2n1. The van der Waals surface area contributed by atoms with E-state index in [1.54, 1.807) is 13.0 Å². The van der Waals surface area contributed by atoms with Crippen LogP contribution in [0.3, 0.4) is 0 Å². The molecule has 1 N–H and O–H groups in total. The number of nitrogens with one attached hydrogen (secondary N) is 1. The highest BCUT2D eigenvalue weighted by Gasteiger charge is 2.37. The topological polar surface area (TPSA) is 55.1 Å². The van der Waals surface area contributed by atoms with E-state index in [0.29, 0.717) is 17.4 Å². The summed E-state index contributed by atoms with van der Waals surface area (Å²) in [5.74, 6) is -0.0376. The summed E-state index contributed by atoms with van der Waals surface area (Å²) in [6.07, 6.45) is 0.927. The van der Waals surface area contributed by atoms with Gasteiger partial charge in [0.15, 0.2) is 0 Å². The molecule has 1 saturated carbocycles. The number of benzene rings is 1. The van der Waals surface area contributed by atoms with Gasteiger partial charge in [0.2, 0.25) is 0 Å². The molecule has 1 atom stereocenters.